The highest BCUT2D eigenvalue weighted by atomic mass is 35.5. The molecule has 0 fully saturated rings. The molecule has 1 heterocycles. The fourth-order valence-corrected chi connectivity index (χ4v) is 2.75. The monoisotopic (exact) mass is 290 g/mol. The number of benzene rings is 1. The molecule has 0 aliphatic heterocycles. The van der Waals surface area contributed by atoms with Crippen molar-refractivity contribution in [2.75, 3.05) is 13.2 Å². The molecule has 106 valence electrons. The highest BCUT2D eigenvalue weighted by Crippen LogP contribution is 2.31. The van der Waals surface area contributed by atoms with Gasteiger partial charge in [0.2, 0.25) is 0 Å². The van der Waals surface area contributed by atoms with Crippen molar-refractivity contribution in [3.63, 3.8) is 0 Å². The first-order valence-electron chi connectivity index (χ1n) is 6.58. The molecule has 0 saturated heterocycles. The number of rotatable bonds is 5. The molecular formula is C16H19ClN2O. The lowest BCUT2D eigenvalue weighted by atomic mass is 9.74. The van der Waals surface area contributed by atoms with Crippen LogP contribution in [0.25, 0.3) is 0 Å². The second-order valence-corrected chi connectivity index (χ2v) is 5.51. The average molecular weight is 291 g/mol. The maximum Gasteiger partial charge on any atom is 0.0621 e. The van der Waals surface area contributed by atoms with Gasteiger partial charge in [-0.25, -0.2) is 0 Å². The number of hydrogen-bond acceptors (Lipinski definition) is 3. The van der Waals surface area contributed by atoms with Crippen LogP contribution in [0.2, 0.25) is 5.02 Å². The number of aliphatic hydroxyl groups excluding tert-OH is 1. The summed E-state index contributed by atoms with van der Waals surface area (Å²) in [5.41, 5.74) is 8.62. The molecule has 1 unspecified atom stereocenters. The number of aryl methyl sites for hydroxylation is 1. The fraction of sp³-hybridized carbons (Fsp3) is 0.312. The molecule has 2 aromatic rings. The minimum absolute atomic E-state index is 0.0208. The zero-order chi connectivity index (χ0) is 14.6. The predicted octanol–water partition coefficient (Wildman–Crippen LogP) is 2.47. The van der Waals surface area contributed by atoms with Crippen molar-refractivity contribution < 1.29 is 5.11 Å². The number of halogens is 1. The Morgan fingerprint density at radius 3 is 2.65 bits per heavy atom. The summed E-state index contributed by atoms with van der Waals surface area (Å²) in [6.07, 6.45) is 3.91. The van der Waals surface area contributed by atoms with Gasteiger partial charge in [0.1, 0.15) is 0 Å². The largest absolute Gasteiger partial charge is 0.395 e. The quantitative estimate of drug-likeness (QED) is 0.889. The van der Waals surface area contributed by atoms with E-state index in [1.807, 2.05) is 37.3 Å². The number of nitrogens with two attached hydrogens (primary N) is 1. The van der Waals surface area contributed by atoms with Crippen molar-refractivity contribution in [2.24, 2.45) is 5.73 Å². The third kappa shape index (κ3) is 2.85. The molecule has 3 N–H and O–H groups in total. The van der Waals surface area contributed by atoms with E-state index in [0.29, 0.717) is 18.0 Å². The van der Waals surface area contributed by atoms with E-state index < -0.39 is 5.41 Å². The first-order valence-corrected chi connectivity index (χ1v) is 6.96. The molecule has 0 spiro atoms. The average Bonchev–Trinajstić information content (AvgIpc) is 2.48. The van der Waals surface area contributed by atoms with Crippen LogP contribution in [-0.2, 0) is 11.8 Å². The lowest BCUT2D eigenvalue weighted by Gasteiger charge is -2.33. The van der Waals surface area contributed by atoms with Gasteiger partial charge in [-0.3, -0.25) is 4.98 Å². The Balaban J connectivity index is 2.46. The molecule has 1 atom stereocenters. The van der Waals surface area contributed by atoms with E-state index >= 15 is 0 Å². The zero-order valence-electron chi connectivity index (χ0n) is 11.5. The van der Waals surface area contributed by atoms with Gasteiger partial charge in [-0.1, -0.05) is 35.9 Å². The van der Waals surface area contributed by atoms with Crippen molar-refractivity contribution in [2.45, 2.75) is 18.8 Å². The van der Waals surface area contributed by atoms with Gasteiger partial charge in [-0.15, -0.1) is 0 Å². The van der Waals surface area contributed by atoms with Crippen LogP contribution in [0.5, 0.6) is 0 Å². The first-order chi connectivity index (χ1) is 9.63. The van der Waals surface area contributed by atoms with Crippen LogP contribution in [0.3, 0.4) is 0 Å². The Hall–Kier alpha value is -1.42. The molecule has 3 nitrogen and oxygen atoms in total. The first kappa shape index (κ1) is 15.0. The lowest BCUT2D eigenvalue weighted by Crippen LogP contribution is -2.41. The molecule has 1 aromatic carbocycles. The van der Waals surface area contributed by atoms with Gasteiger partial charge >= 0.3 is 0 Å². The SMILES string of the molecule is Cc1ccccc1C(CN)(CO)Cc1ccncc1Cl. The van der Waals surface area contributed by atoms with Gasteiger partial charge in [0.25, 0.3) is 0 Å². The summed E-state index contributed by atoms with van der Waals surface area (Å²) >= 11 is 6.19. The van der Waals surface area contributed by atoms with Crippen molar-refractivity contribution in [3.8, 4) is 0 Å². The van der Waals surface area contributed by atoms with Crippen molar-refractivity contribution in [1.29, 1.82) is 0 Å². The van der Waals surface area contributed by atoms with E-state index in [1.165, 1.54) is 0 Å². The summed E-state index contributed by atoms with van der Waals surface area (Å²) in [6.45, 7) is 2.36. The molecule has 0 bridgehead atoms. The molecule has 0 aliphatic carbocycles. The van der Waals surface area contributed by atoms with Crippen LogP contribution in [0.4, 0.5) is 0 Å². The Kier molecular flexibility index (Phi) is 4.76. The molecule has 1 aromatic heterocycles. The smallest absolute Gasteiger partial charge is 0.0621 e. The summed E-state index contributed by atoms with van der Waals surface area (Å²) in [5, 5.41) is 10.6. The van der Waals surface area contributed by atoms with E-state index in [1.54, 1.807) is 12.4 Å². The third-order valence-corrected chi connectivity index (χ3v) is 4.14. The second kappa shape index (κ2) is 6.35. The highest BCUT2D eigenvalue weighted by molar-refractivity contribution is 6.31. The topological polar surface area (TPSA) is 59.1 Å². The molecule has 0 amide bonds. The number of hydrogen-bond donors (Lipinski definition) is 2. The van der Waals surface area contributed by atoms with Crippen LogP contribution < -0.4 is 5.73 Å². The zero-order valence-corrected chi connectivity index (χ0v) is 12.3. The van der Waals surface area contributed by atoms with Gasteiger partial charge in [0, 0.05) is 24.4 Å². The molecule has 0 radical (unpaired) electrons. The minimum Gasteiger partial charge on any atom is -0.395 e. The Morgan fingerprint density at radius 2 is 2.05 bits per heavy atom. The molecular weight excluding hydrogens is 272 g/mol. The lowest BCUT2D eigenvalue weighted by molar-refractivity contribution is 0.195. The predicted molar refractivity (Wildman–Crippen MR) is 81.9 cm³/mol. The van der Waals surface area contributed by atoms with Gasteiger partial charge in [0.15, 0.2) is 0 Å². The number of pyridine rings is 1. The van der Waals surface area contributed by atoms with Crippen molar-refractivity contribution in [1.82, 2.24) is 4.98 Å². The Labute approximate surface area is 124 Å². The van der Waals surface area contributed by atoms with Gasteiger partial charge < -0.3 is 10.8 Å². The van der Waals surface area contributed by atoms with E-state index in [4.69, 9.17) is 17.3 Å². The Morgan fingerprint density at radius 1 is 1.30 bits per heavy atom. The van der Waals surface area contributed by atoms with Crippen LogP contribution in [0.1, 0.15) is 16.7 Å². The number of nitrogens with zero attached hydrogens (tertiary/aromatic N) is 1. The van der Waals surface area contributed by atoms with Crippen molar-refractivity contribution in [3.05, 3.63) is 64.4 Å². The molecule has 2 rings (SSSR count). The van der Waals surface area contributed by atoms with Crippen LogP contribution in [0.15, 0.2) is 42.7 Å². The number of aromatic nitrogens is 1. The van der Waals surface area contributed by atoms with E-state index in [0.717, 1.165) is 16.7 Å². The summed E-state index contributed by atoms with van der Waals surface area (Å²) < 4.78 is 0. The third-order valence-electron chi connectivity index (χ3n) is 3.80. The fourth-order valence-electron chi connectivity index (χ4n) is 2.56. The highest BCUT2D eigenvalue weighted by Gasteiger charge is 2.32. The van der Waals surface area contributed by atoms with Crippen LogP contribution in [-0.4, -0.2) is 23.2 Å². The normalized spacial score (nSPS) is 14.0. The molecule has 4 heteroatoms. The van der Waals surface area contributed by atoms with E-state index in [-0.39, 0.29) is 6.61 Å². The van der Waals surface area contributed by atoms with Crippen LogP contribution >= 0.6 is 11.6 Å². The number of aliphatic hydroxyl groups is 1. The maximum atomic E-state index is 9.97. The summed E-state index contributed by atoms with van der Waals surface area (Å²) in [7, 11) is 0. The van der Waals surface area contributed by atoms with Crippen molar-refractivity contribution >= 4 is 11.6 Å². The minimum atomic E-state index is -0.518. The summed E-state index contributed by atoms with van der Waals surface area (Å²) in [5.74, 6) is 0. The molecule has 0 saturated carbocycles. The molecule has 0 aliphatic rings. The maximum absolute atomic E-state index is 9.97. The van der Waals surface area contributed by atoms with Gasteiger partial charge in [-0.2, -0.15) is 0 Å². The second-order valence-electron chi connectivity index (χ2n) is 5.10. The summed E-state index contributed by atoms with van der Waals surface area (Å²) in [4.78, 5) is 3.99. The van der Waals surface area contributed by atoms with Gasteiger partial charge in [0.05, 0.1) is 11.6 Å². The van der Waals surface area contributed by atoms with Crippen LogP contribution in [0, 0.1) is 6.92 Å². The van der Waals surface area contributed by atoms with E-state index in [2.05, 4.69) is 4.98 Å². The Bertz CT molecular complexity index is 582. The van der Waals surface area contributed by atoms with Gasteiger partial charge in [-0.05, 0) is 36.1 Å². The summed E-state index contributed by atoms with van der Waals surface area (Å²) in [6, 6.07) is 9.88. The molecule has 20 heavy (non-hydrogen) atoms. The van der Waals surface area contributed by atoms with E-state index in [9.17, 15) is 5.11 Å². The standard InChI is InChI=1S/C16H19ClN2O/c1-12-4-2-3-5-14(12)16(10-18,11-20)8-13-6-7-19-9-15(13)17/h2-7,9,20H,8,10-11,18H2,1H3.